The first-order chi connectivity index (χ1) is 8.29. The van der Waals surface area contributed by atoms with Crippen LogP contribution in [0.5, 0.6) is 0 Å². The number of aromatic nitrogens is 3. The second-order valence-corrected chi connectivity index (χ2v) is 3.89. The summed E-state index contributed by atoms with van der Waals surface area (Å²) in [5.41, 5.74) is 1.90. The van der Waals surface area contributed by atoms with Crippen LogP contribution in [0.25, 0.3) is 11.4 Å². The standard InChI is InChI=1S/C13H16N4/c1-3-6-15-12-8-10(2)16-13(17-12)11-5-4-7-14-9-11/h4-5,7-9H,3,6H2,1-2H3,(H,15,16,17). The van der Waals surface area contributed by atoms with E-state index >= 15 is 0 Å². The van der Waals surface area contributed by atoms with Crippen LogP contribution in [-0.4, -0.2) is 21.5 Å². The summed E-state index contributed by atoms with van der Waals surface area (Å²) in [6, 6.07) is 5.81. The summed E-state index contributed by atoms with van der Waals surface area (Å²) in [6.45, 7) is 5.02. The van der Waals surface area contributed by atoms with Gasteiger partial charge in [-0.15, -0.1) is 0 Å². The highest BCUT2D eigenvalue weighted by molar-refractivity contribution is 5.56. The molecule has 0 radical (unpaired) electrons. The van der Waals surface area contributed by atoms with Gasteiger partial charge in [0, 0.05) is 36.3 Å². The minimum absolute atomic E-state index is 0.719. The normalized spacial score (nSPS) is 10.2. The van der Waals surface area contributed by atoms with E-state index in [1.54, 1.807) is 12.4 Å². The summed E-state index contributed by atoms with van der Waals surface area (Å²) in [5.74, 6) is 1.59. The fraction of sp³-hybridized carbons (Fsp3) is 0.308. The molecule has 0 aliphatic carbocycles. The van der Waals surface area contributed by atoms with Crippen LogP contribution < -0.4 is 5.32 Å². The van der Waals surface area contributed by atoms with Crippen LogP contribution in [0.2, 0.25) is 0 Å². The molecule has 0 amide bonds. The van der Waals surface area contributed by atoms with Crippen molar-refractivity contribution in [3.05, 3.63) is 36.3 Å². The first-order valence-electron chi connectivity index (χ1n) is 5.79. The first-order valence-corrected chi connectivity index (χ1v) is 5.79. The summed E-state index contributed by atoms with van der Waals surface area (Å²) >= 11 is 0. The molecule has 0 atom stereocenters. The number of pyridine rings is 1. The van der Waals surface area contributed by atoms with Crippen molar-refractivity contribution >= 4 is 5.82 Å². The zero-order chi connectivity index (χ0) is 12.1. The summed E-state index contributed by atoms with van der Waals surface area (Å²) < 4.78 is 0. The lowest BCUT2D eigenvalue weighted by Gasteiger charge is -2.07. The summed E-state index contributed by atoms with van der Waals surface area (Å²) in [6.07, 6.45) is 4.60. The van der Waals surface area contributed by atoms with Crippen molar-refractivity contribution < 1.29 is 0 Å². The van der Waals surface area contributed by atoms with Crippen molar-refractivity contribution in [3.8, 4) is 11.4 Å². The fourth-order valence-corrected chi connectivity index (χ4v) is 1.54. The van der Waals surface area contributed by atoms with Crippen LogP contribution in [-0.2, 0) is 0 Å². The minimum Gasteiger partial charge on any atom is -0.370 e. The SMILES string of the molecule is CCCNc1cc(C)nc(-c2cccnc2)n1. The quantitative estimate of drug-likeness (QED) is 0.874. The Morgan fingerprint density at radius 1 is 1.29 bits per heavy atom. The predicted octanol–water partition coefficient (Wildman–Crippen LogP) is 2.67. The second kappa shape index (κ2) is 5.39. The average molecular weight is 228 g/mol. The third-order valence-corrected chi connectivity index (χ3v) is 2.33. The molecule has 1 N–H and O–H groups in total. The van der Waals surface area contributed by atoms with Crippen LogP contribution in [0.3, 0.4) is 0 Å². The number of nitrogens with zero attached hydrogens (tertiary/aromatic N) is 3. The molecule has 0 aliphatic heterocycles. The molecule has 4 heteroatoms. The van der Waals surface area contributed by atoms with Crippen LogP contribution in [0, 0.1) is 6.92 Å². The lowest BCUT2D eigenvalue weighted by atomic mass is 10.2. The largest absolute Gasteiger partial charge is 0.370 e. The van der Waals surface area contributed by atoms with E-state index in [2.05, 4.69) is 27.2 Å². The van der Waals surface area contributed by atoms with E-state index in [0.717, 1.165) is 35.9 Å². The van der Waals surface area contributed by atoms with Crippen molar-refractivity contribution in [1.82, 2.24) is 15.0 Å². The Morgan fingerprint density at radius 3 is 2.88 bits per heavy atom. The Morgan fingerprint density at radius 2 is 2.18 bits per heavy atom. The van der Waals surface area contributed by atoms with E-state index < -0.39 is 0 Å². The number of hydrogen-bond acceptors (Lipinski definition) is 4. The molecule has 88 valence electrons. The Kier molecular flexibility index (Phi) is 3.65. The van der Waals surface area contributed by atoms with Gasteiger partial charge in [0.1, 0.15) is 5.82 Å². The van der Waals surface area contributed by atoms with Crippen molar-refractivity contribution in [2.45, 2.75) is 20.3 Å². The van der Waals surface area contributed by atoms with Crippen molar-refractivity contribution in [3.63, 3.8) is 0 Å². The van der Waals surface area contributed by atoms with Gasteiger partial charge in [0.2, 0.25) is 0 Å². The molecule has 0 saturated heterocycles. The van der Waals surface area contributed by atoms with Gasteiger partial charge >= 0.3 is 0 Å². The minimum atomic E-state index is 0.719. The Labute approximate surface area is 101 Å². The maximum Gasteiger partial charge on any atom is 0.163 e. The molecule has 0 bridgehead atoms. The van der Waals surface area contributed by atoms with Crippen LogP contribution in [0.4, 0.5) is 5.82 Å². The first kappa shape index (κ1) is 11.5. The number of aryl methyl sites for hydroxylation is 1. The predicted molar refractivity (Wildman–Crippen MR) is 68.8 cm³/mol. The van der Waals surface area contributed by atoms with Gasteiger partial charge in [0.25, 0.3) is 0 Å². The molecule has 4 nitrogen and oxygen atoms in total. The van der Waals surface area contributed by atoms with Crippen LogP contribution >= 0.6 is 0 Å². The van der Waals surface area contributed by atoms with Gasteiger partial charge in [-0.1, -0.05) is 6.92 Å². The summed E-state index contributed by atoms with van der Waals surface area (Å²) in [4.78, 5) is 13.0. The van der Waals surface area contributed by atoms with Gasteiger partial charge in [0.15, 0.2) is 5.82 Å². The van der Waals surface area contributed by atoms with Gasteiger partial charge in [-0.25, -0.2) is 9.97 Å². The molecule has 0 fully saturated rings. The van der Waals surface area contributed by atoms with E-state index in [0.29, 0.717) is 0 Å². The van der Waals surface area contributed by atoms with E-state index in [1.807, 2.05) is 25.1 Å². The molecule has 0 aromatic carbocycles. The zero-order valence-electron chi connectivity index (χ0n) is 10.1. The van der Waals surface area contributed by atoms with Gasteiger partial charge in [-0.2, -0.15) is 0 Å². The topological polar surface area (TPSA) is 50.7 Å². The molecule has 0 aliphatic rings. The Balaban J connectivity index is 2.32. The molecule has 2 rings (SSSR count). The number of nitrogens with one attached hydrogen (secondary N) is 1. The molecule has 17 heavy (non-hydrogen) atoms. The number of hydrogen-bond donors (Lipinski definition) is 1. The van der Waals surface area contributed by atoms with Gasteiger partial charge in [-0.05, 0) is 25.5 Å². The lowest BCUT2D eigenvalue weighted by molar-refractivity contribution is 0.962. The molecular formula is C13H16N4. The second-order valence-electron chi connectivity index (χ2n) is 3.89. The van der Waals surface area contributed by atoms with Gasteiger partial charge in [0.05, 0.1) is 0 Å². The lowest BCUT2D eigenvalue weighted by Crippen LogP contribution is -2.04. The molecule has 0 spiro atoms. The smallest absolute Gasteiger partial charge is 0.163 e. The van der Waals surface area contributed by atoms with E-state index in [9.17, 15) is 0 Å². The van der Waals surface area contributed by atoms with Crippen molar-refractivity contribution in [1.29, 1.82) is 0 Å². The Hall–Kier alpha value is -1.97. The number of rotatable bonds is 4. The van der Waals surface area contributed by atoms with E-state index in [1.165, 1.54) is 0 Å². The Bertz CT molecular complexity index is 482. The fourth-order valence-electron chi connectivity index (χ4n) is 1.54. The van der Waals surface area contributed by atoms with E-state index in [4.69, 9.17) is 0 Å². The van der Waals surface area contributed by atoms with Gasteiger partial charge < -0.3 is 5.32 Å². The monoisotopic (exact) mass is 228 g/mol. The van der Waals surface area contributed by atoms with E-state index in [-0.39, 0.29) is 0 Å². The highest BCUT2D eigenvalue weighted by Crippen LogP contribution is 2.16. The maximum absolute atomic E-state index is 4.48. The molecule has 2 aromatic heterocycles. The average Bonchev–Trinajstić information content (AvgIpc) is 2.37. The van der Waals surface area contributed by atoms with Crippen molar-refractivity contribution in [2.24, 2.45) is 0 Å². The third-order valence-electron chi connectivity index (χ3n) is 2.33. The molecule has 2 heterocycles. The van der Waals surface area contributed by atoms with Crippen LogP contribution in [0.1, 0.15) is 19.0 Å². The van der Waals surface area contributed by atoms with Gasteiger partial charge in [-0.3, -0.25) is 4.98 Å². The molecule has 0 unspecified atom stereocenters. The molecule has 0 saturated carbocycles. The summed E-state index contributed by atoms with van der Waals surface area (Å²) in [5, 5.41) is 3.27. The molecule has 2 aromatic rings. The van der Waals surface area contributed by atoms with Crippen LogP contribution in [0.15, 0.2) is 30.6 Å². The number of anilines is 1. The zero-order valence-corrected chi connectivity index (χ0v) is 10.1. The highest BCUT2D eigenvalue weighted by Gasteiger charge is 2.04. The van der Waals surface area contributed by atoms with Crippen molar-refractivity contribution in [2.75, 3.05) is 11.9 Å². The molecular weight excluding hydrogens is 212 g/mol. The third kappa shape index (κ3) is 3.00. The highest BCUT2D eigenvalue weighted by atomic mass is 15.0. The maximum atomic E-state index is 4.48. The summed E-state index contributed by atoms with van der Waals surface area (Å²) in [7, 11) is 0.